The molecule has 0 aliphatic heterocycles. The first-order chi connectivity index (χ1) is 8.86. The van der Waals surface area contributed by atoms with Crippen molar-refractivity contribution in [3.8, 4) is 0 Å². The Labute approximate surface area is 127 Å². The average Bonchev–Trinajstić information content (AvgIpc) is 2.37. The van der Waals surface area contributed by atoms with Gasteiger partial charge in [-0.15, -0.1) is 12.4 Å². The first-order valence-electron chi connectivity index (χ1n) is 6.46. The third kappa shape index (κ3) is 5.49. The highest BCUT2D eigenvalue weighted by Gasteiger charge is 2.22. The van der Waals surface area contributed by atoms with Crippen molar-refractivity contribution in [2.45, 2.75) is 32.2 Å². The molecule has 0 saturated carbocycles. The number of benzene rings is 1. The molecule has 1 rings (SSSR count). The van der Waals surface area contributed by atoms with Crippen LogP contribution in [-0.2, 0) is 14.9 Å². The Hall–Kier alpha value is -1.10. The number of methoxy groups -OCH3 is 1. The number of amides is 1. The van der Waals surface area contributed by atoms with E-state index in [0.717, 1.165) is 0 Å². The lowest BCUT2D eigenvalue weighted by atomic mass is 9.84. The summed E-state index contributed by atoms with van der Waals surface area (Å²) in [6, 6.07) is 7.73. The largest absolute Gasteiger partial charge is 0.383 e. The second kappa shape index (κ2) is 8.25. The van der Waals surface area contributed by atoms with Crippen molar-refractivity contribution in [3.63, 3.8) is 0 Å². The fourth-order valence-electron chi connectivity index (χ4n) is 1.80. The zero-order valence-corrected chi connectivity index (χ0v) is 13.4. The molecule has 0 aliphatic rings. The van der Waals surface area contributed by atoms with Crippen LogP contribution in [0.3, 0.4) is 0 Å². The smallest absolute Gasteiger partial charge is 0.239 e. The van der Waals surface area contributed by atoms with Crippen LogP contribution in [0.4, 0.5) is 0 Å². The predicted octanol–water partition coefficient (Wildman–Crippen LogP) is 1.78. The molecule has 0 heterocycles. The van der Waals surface area contributed by atoms with Crippen LogP contribution in [0.25, 0.3) is 0 Å². The van der Waals surface area contributed by atoms with Crippen molar-refractivity contribution in [1.29, 1.82) is 0 Å². The Morgan fingerprint density at radius 2 is 1.90 bits per heavy atom. The molecule has 0 bridgehead atoms. The standard InChI is InChI=1S/C15H24N2O2.ClH/c1-11-5-7-12(8-6-11)15(2,3)10-17-14(18)13(16)9-19-4;/h5-8,13H,9-10,16H2,1-4H3,(H,17,18);1H. The monoisotopic (exact) mass is 300 g/mol. The van der Waals surface area contributed by atoms with Crippen LogP contribution in [-0.4, -0.2) is 32.2 Å². The van der Waals surface area contributed by atoms with Crippen molar-refractivity contribution >= 4 is 18.3 Å². The van der Waals surface area contributed by atoms with E-state index in [1.807, 2.05) is 0 Å². The van der Waals surface area contributed by atoms with Crippen LogP contribution in [0.1, 0.15) is 25.0 Å². The molecule has 0 radical (unpaired) electrons. The van der Waals surface area contributed by atoms with E-state index >= 15 is 0 Å². The zero-order chi connectivity index (χ0) is 14.5. The topological polar surface area (TPSA) is 64.3 Å². The van der Waals surface area contributed by atoms with E-state index in [1.54, 1.807) is 0 Å². The van der Waals surface area contributed by atoms with E-state index in [0.29, 0.717) is 6.54 Å². The van der Waals surface area contributed by atoms with Crippen molar-refractivity contribution in [1.82, 2.24) is 5.32 Å². The highest BCUT2D eigenvalue weighted by molar-refractivity contribution is 5.85. The van der Waals surface area contributed by atoms with Gasteiger partial charge in [-0.2, -0.15) is 0 Å². The Morgan fingerprint density at radius 1 is 1.35 bits per heavy atom. The van der Waals surface area contributed by atoms with Crippen LogP contribution in [0.5, 0.6) is 0 Å². The predicted molar refractivity (Wildman–Crippen MR) is 84.3 cm³/mol. The number of rotatable bonds is 6. The number of hydrogen-bond donors (Lipinski definition) is 2. The maximum absolute atomic E-state index is 11.7. The van der Waals surface area contributed by atoms with Gasteiger partial charge >= 0.3 is 0 Å². The summed E-state index contributed by atoms with van der Waals surface area (Å²) in [4.78, 5) is 11.7. The number of carbonyl (C=O) groups is 1. The number of hydrogen-bond acceptors (Lipinski definition) is 3. The minimum Gasteiger partial charge on any atom is -0.383 e. The van der Waals surface area contributed by atoms with E-state index in [-0.39, 0.29) is 30.3 Å². The van der Waals surface area contributed by atoms with Gasteiger partial charge < -0.3 is 15.8 Å². The molecule has 5 heteroatoms. The van der Waals surface area contributed by atoms with E-state index in [2.05, 4.69) is 50.4 Å². The summed E-state index contributed by atoms with van der Waals surface area (Å²) in [6.45, 7) is 7.03. The summed E-state index contributed by atoms with van der Waals surface area (Å²) in [5.74, 6) is -0.179. The second-order valence-electron chi connectivity index (χ2n) is 5.53. The molecule has 1 unspecified atom stereocenters. The van der Waals surface area contributed by atoms with Gasteiger partial charge in [-0.25, -0.2) is 0 Å². The molecule has 0 saturated heterocycles. The van der Waals surface area contributed by atoms with Gasteiger partial charge in [0.05, 0.1) is 6.61 Å². The summed E-state index contributed by atoms with van der Waals surface area (Å²) in [6.07, 6.45) is 0. The fourth-order valence-corrected chi connectivity index (χ4v) is 1.80. The summed E-state index contributed by atoms with van der Waals surface area (Å²) in [5.41, 5.74) is 7.97. The molecule has 4 nitrogen and oxygen atoms in total. The van der Waals surface area contributed by atoms with Gasteiger partial charge in [-0.3, -0.25) is 4.79 Å². The van der Waals surface area contributed by atoms with E-state index in [4.69, 9.17) is 10.5 Å². The van der Waals surface area contributed by atoms with Gasteiger partial charge in [0.1, 0.15) is 6.04 Å². The first kappa shape index (κ1) is 18.9. The van der Waals surface area contributed by atoms with Gasteiger partial charge in [0.25, 0.3) is 0 Å². The van der Waals surface area contributed by atoms with Crippen molar-refractivity contribution in [2.75, 3.05) is 20.3 Å². The molecule has 0 aliphatic carbocycles. The lowest BCUT2D eigenvalue weighted by molar-refractivity contribution is -0.123. The summed E-state index contributed by atoms with van der Waals surface area (Å²) >= 11 is 0. The first-order valence-corrected chi connectivity index (χ1v) is 6.46. The summed E-state index contributed by atoms with van der Waals surface area (Å²) in [7, 11) is 1.53. The van der Waals surface area contributed by atoms with E-state index < -0.39 is 6.04 Å². The molecule has 0 spiro atoms. The highest BCUT2D eigenvalue weighted by Crippen LogP contribution is 2.22. The number of nitrogens with two attached hydrogens (primary N) is 1. The molecule has 20 heavy (non-hydrogen) atoms. The Morgan fingerprint density at radius 3 is 2.40 bits per heavy atom. The SMILES string of the molecule is COCC(N)C(=O)NCC(C)(C)c1ccc(C)cc1.Cl. The maximum Gasteiger partial charge on any atom is 0.239 e. The minimum atomic E-state index is -0.612. The normalized spacial score (nSPS) is 12.4. The molecule has 1 atom stereocenters. The third-order valence-electron chi connectivity index (χ3n) is 3.22. The quantitative estimate of drug-likeness (QED) is 0.842. The van der Waals surface area contributed by atoms with E-state index in [9.17, 15) is 4.79 Å². The van der Waals surface area contributed by atoms with Gasteiger partial charge in [-0.1, -0.05) is 43.7 Å². The van der Waals surface area contributed by atoms with Gasteiger partial charge in [0.15, 0.2) is 0 Å². The highest BCUT2D eigenvalue weighted by atomic mass is 35.5. The molecule has 114 valence electrons. The molecule has 1 aromatic carbocycles. The van der Waals surface area contributed by atoms with Crippen LogP contribution < -0.4 is 11.1 Å². The molecule has 0 fully saturated rings. The molecular formula is C15H25ClN2O2. The van der Waals surface area contributed by atoms with Gasteiger partial charge in [-0.05, 0) is 12.5 Å². The van der Waals surface area contributed by atoms with E-state index in [1.165, 1.54) is 18.2 Å². The molecule has 3 N–H and O–H groups in total. The molecule has 1 amide bonds. The van der Waals surface area contributed by atoms with Crippen LogP contribution in [0.2, 0.25) is 0 Å². The second-order valence-corrected chi connectivity index (χ2v) is 5.53. The minimum absolute atomic E-state index is 0. The summed E-state index contributed by atoms with van der Waals surface area (Å²) in [5, 5.41) is 2.88. The van der Waals surface area contributed by atoms with Crippen LogP contribution in [0, 0.1) is 6.92 Å². The lowest BCUT2D eigenvalue weighted by Crippen LogP contribution is -2.47. The number of nitrogens with one attached hydrogen (secondary N) is 1. The van der Waals surface area contributed by atoms with Crippen LogP contribution >= 0.6 is 12.4 Å². The number of carbonyl (C=O) groups excluding carboxylic acids is 1. The van der Waals surface area contributed by atoms with Gasteiger partial charge in [0, 0.05) is 19.1 Å². The van der Waals surface area contributed by atoms with Gasteiger partial charge in [0.2, 0.25) is 5.91 Å². The van der Waals surface area contributed by atoms with Crippen molar-refractivity contribution in [3.05, 3.63) is 35.4 Å². The number of ether oxygens (including phenoxy) is 1. The van der Waals surface area contributed by atoms with Crippen molar-refractivity contribution < 1.29 is 9.53 Å². The Kier molecular flexibility index (Phi) is 7.79. The average molecular weight is 301 g/mol. The number of aryl methyl sites for hydroxylation is 1. The van der Waals surface area contributed by atoms with Crippen molar-refractivity contribution in [2.24, 2.45) is 5.73 Å². The third-order valence-corrected chi connectivity index (χ3v) is 3.22. The van der Waals surface area contributed by atoms with Crippen LogP contribution in [0.15, 0.2) is 24.3 Å². The molecule has 0 aromatic heterocycles. The molecular weight excluding hydrogens is 276 g/mol. The summed E-state index contributed by atoms with van der Waals surface area (Å²) < 4.78 is 4.87. The fraction of sp³-hybridized carbons (Fsp3) is 0.533. The molecule has 1 aromatic rings. The Bertz CT molecular complexity index is 418. The number of halogens is 1. The Balaban J connectivity index is 0.00000361. The maximum atomic E-state index is 11.7. The lowest BCUT2D eigenvalue weighted by Gasteiger charge is -2.26. The zero-order valence-electron chi connectivity index (χ0n) is 12.6.